The number of pyridine rings is 1. The molecule has 0 radical (unpaired) electrons. The molecule has 0 amide bonds. The van der Waals surface area contributed by atoms with Crippen LogP contribution < -0.4 is 10.5 Å². The van der Waals surface area contributed by atoms with Crippen molar-refractivity contribution in [2.45, 2.75) is 6.61 Å². The Kier molecular flexibility index (Phi) is 3.66. The molecular formula is C13H10ClN3O. The van der Waals surface area contributed by atoms with Gasteiger partial charge in [0.1, 0.15) is 24.1 Å². The Morgan fingerprint density at radius 2 is 2.17 bits per heavy atom. The second kappa shape index (κ2) is 5.39. The normalized spacial score (nSPS) is 9.78. The molecule has 18 heavy (non-hydrogen) atoms. The van der Waals surface area contributed by atoms with E-state index in [0.717, 1.165) is 5.56 Å². The molecule has 5 heteroatoms. The van der Waals surface area contributed by atoms with Crippen LogP contribution in [0.25, 0.3) is 0 Å². The zero-order valence-electron chi connectivity index (χ0n) is 9.43. The van der Waals surface area contributed by atoms with E-state index in [0.29, 0.717) is 28.8 Å². The van der Waals surface area contributed by atoms with Gasteiger partial charge in [0, 0.05) is 17.3 Å². The highest BCUT2D eigenvalue weighted by Crippen LogP contribution is 2.26. The van der Waals surface area contributed by atoms with Gasteiger partial charge in [0.05, 0.1) is 5.69 Å². The van der Waals surface area contributed by atoms with Gasteiger partial charge in [-0.05, 0) is 29.8 Å². The molecule has 0 unspecified atom stereocenters. The van der Waals surface area contributed by atoms with Crippen molar-refractivity contribution in [2.75, 3.05) is 5.73 Å². The van der Waals surface area contributed by atoms with Crippen LogP contribution in [0.5, 0.6) is 5.75 Å². The Balaban J connectivity index is 2.11. The van der Waals surface area contributed by atoms with Crippen LogP contribution in [-0.2, 0) is 6.61 Å². The number of nitrogens with two attached hydrogens (primary N) is 1. The van der Waals surface area contributed by atoms with E-state index in [9.17, 15) is 0 Å². The third-order valence-electron chi connectivity index (χ3n) is 2.31. The van der Waals surface area contributed by atoms with Gasteiger partial charge in [-0.3, -0.25) is 0 Å². The van der Waals surface area contributed by atoms with Crippen LogP contribution in [0.15, 0.2) is 36.5 Å². The molecule has 0 saturated heterocycles. The summed E-state index contributed by atoms with van der Waals surface area (Å²) in [7, 11) is 0. The van der Waals surface area contributed by atoms with Gasteiger partial charge < -0.3 is 10.5 Å². The molecule has 4 nitrogen and oxygen atoms in total. The van der Waals surface area contributed by atoms with Crippen LogP contribution in [0.1, 0.15) is 11.3 Å². The molecule has 0 aliphatic carbocycles. The Hall–Kier alpha value is -2.25. The van der Waals surface area contributed by atoms with Crippen molar-refractivity contribution in [2.24, 2.45) is 0 Å². The monoisotopic (exact) mass is 259 g/mol. The summed E-state index contributed by atoms with van der Waals surface area (Å²) in [5.41, 5.74) is 7.49. The van der Waals surface area contributed by atoms with E-state index in [-0.39, 0.29) is 0 Å². The quantitative estimate of drug-likeness (QED) is 0.861. The molecule has 1 aromatic carbocycles. The molecule has 0 bridgehead atoms. The van der Waals surface area contributed by atoms with Crippen molar-refractivity contribution in [1.82, 2.24) is 4.98 Å². The fraction of sp³-hybridized carbons (Fsp3) is 0.0769. The van der Waals surface area contributed by atoms with Crippen LogP contribution >= 0.6 is 11.6 Å². The van der Waals surface area contributed by atoms with Gasteiger partial charge in [0.2, 0.25) is 0 Å². The highest BCUT2D eigenvalue weighted by Gasteiger charge is 2.03. The number of anilines is 1. The second-order valence-corrected chi connectivity index (χ2v) is 4.07. The van der Waals surface area contributed by atoms with E-state index in [1.807, 2.05) is 6.07 Å². The lowest BCUT2D eigenvalue weighted by Crippen LogP contribution is -1.99. The molecule has 0 aliphatic heterocycles. The van der Waals surface area contributed by atoms with Crippen molar-refractivity contribution in [3.05, 3.63) is 52.8 Å². The van der Waals surface area contributed by atoms with Gasteiger partial charge in [-0.1, -0.05) is 11.6 Å². The third-order valence-corrected chi connectivity index (χ3v) is 2.54. The minimum Gasteiger partial charge on any atom is -0.487 e. The molecule has 2 aromatic rings. The third kappa shape index (κ3) is 2.90. The number of halogens is 1. The number of rotatable bonds is 3. The molecule has 1 heterocycles. The Labute approximate surface area is 110 Å². The Bertz CT molecular complexity index is 607. The van der Waals surface area contributed by atoms with Crippen molar-refractivity contribution in [3.63, 3.8) is 0 Å². The minimum absolute atomic E-state index is 0.307. The molecule has 0 atom stereocenters. The average molecular weight is 260 g/mol. The molecule has 2 N–H and O–H groups in total. The molecule has 0 aliphatic rings. The van der Waals surface area contributed by atoms with E-state index in [4.69, 9.17) is 27.3 Å². The lowest BCUT2D eigenvalue weighted by atomic mass is 10.2. The maximum Gasteiger partial charge on any atom is 0.144 e. The molecule has 1 aromatic heterocycles. The molecule has 2 rings (SSSR count). The van der Waals surface area contributed by atoms with Gasteiger partial charge in [-0.15, -0.1) is 0 Å². The summed E-state index contributed by atoms with van der Waals surface area (Å²) < 4.78 is 5.56. The number of hydrogen-bond acceptors (Lipinski definition) is 4. The summed E-state index contributed by atoms with van der Waals surface area (Å²) in [6.07, 6.45) is 1.57. The molecule has 0 spiro atoms. The topological polar surface area (TPSA) is 71.9 Å². The van der Waals surface area contributed by atoms with Crippen LogP contribution in [0.2, 0.25) is 5.02 Å². The molecule has 90 valence electrons. The minimum atomic E-state index is 0.307. The van der Waals surface area contributed by atoms with E-state index in [2.05, 4.69) is 4.98 Å². The Morgan fingerprint density at radius 1 is 1.33 bits per heavy atom. The highest BCUT2D eigenvalue weighted by atomic mass is 35.5. The maximum absolute atomic E-state index is 8.74. The maximum atomic E-state index is 8.74. The first kappa shape index (κ1) is 12.2. The molecule has 0 fully saturated rings. The van der Waals surface area contributed by atoms with Crippen molar-refractivity contribution in [3.8, 4) is 11.8 Å². The Morgan fingerprint density at radius 3 is 2.94 bits per heavy atom. The average Bonchev–Trinajstić information content (AvgIpc) is 2.40. The van der Waals surface area contributed by atoms with Gasteiger partial charge in [0.15, 0.2) is 0 Å². The van der Waals surface area contributed by atoms with E-state index >= 15 is 0 Å². The zero-order valence-corrected chi connectivity index (χ0v) is 10.2. The summed E-state index contributed by atoms with van der Waals surface area (Å²) in [6, 6.07) is 10.5. The van der Waals surface area contributed by atoms with Crippen LogP contribution in [0, 0.1) is 11.3 Å². The number of hydrogen-bond donors (Lipinski definition) is 1. The fourth-order valence-corrected chi connectivity index (χ4v) is 1.58. The number of ether oxygens (including phenoxy) is 1. The second-order valence-electron chi connectivity index (χ2n) is 3.63. The van der Waals surface area contributed by atoms with Crippen molar-refractivity contribution in [1.29, 1.82) is 5.26 Å². The largest absolute Gasteiger partial charge is 0.487 e. The predicted octanol–water partition coefficient (Wildman–Crippen LogP) is 2.77. The first-order chi connectivity index (χ1) is 8.69. The number of nitriles is 1. The van der Waals surface area contributed by atoms with Crippen LogP contribution in [0.3, 0.4) is 0 Å². The van der Waals surface area contributed by atoms with Crippen LogP contribution in [-0.4, -0.2) is 4.98 Å². The van der Waals surface area contributed by atoms with E-state index in [1.54, 1.807) is 36.5 Å². The summed E-state index contributed by atoms with van der Waals surface area (Å²) in [4.78, 5) is 3.88. The smallest absolute Gasteiger partial charge is 0.144 e. The summed E-state index contributed by atoms with van der Waals surface area (Å²) >= 11 is 5.86. The van der Waals surface area contributed by atoms with Crippen LogP contribution in [0.4, 0.5) is 5.69 Å². The van der Waals surface area contributed by atoms with Crippen molar-refractivity contribution < 1.29 is 4.74 Å². The number of benzene rings is 1. The van der Waals surface area contributed by atoms with E-state index < -0.39 is 0 Å². The predicted molar refractivity (Wildman–Crippen MR) is 69.1 cm³/mol. The molecule has 0 saturated carbocycles. The zero-order chi connectivity index (χ0) is 13.0. The standard InChI is InChI=1S/C13H10ClN3O/c14-10-1-2-12(16)13(6-10)18-8-9-3-4-17-11(5-9)7-15/h1-6H,8,16H2. The van der Waals surface area contributed by atoms with Gasteiger partial charge in [-0.2, -0.15) is 5.26 Å². The van der Waals surface area contributed by atoms with Gasteiger partial charge in [-0.25, -0.2) is 4.98 Å². The highest BCUT2D eigenvalue weighted by molar-refractivity contribution is 6.30. The summed E-state index contributed by atoms with van der Waals surface area (Å²) in [5.74, 6) is 0.526. The summed E-state index contributed by atoms with van der Waals surface area (Å²) in [5, 5.41) is 9.30. The number of nitrogen functional groups attached to an aromatic ring is 1. The molecular weight excluding hydrogens is 250 g/mol. The van der Waals surface area contributed by atoms with Crippen molar-refractivity contribution >= 4 is 17.3 Å². The first-order valence-corrected chi connectivity index (χ1v) is 5.59. The lowest BCUT2D eigenvalue weighted by Gasteiger charge is -2.09. The fourth-order valence-electron chi connectivity index (χ4n) is 1.42. The van der Waals surface area contributed by atoms with E-state index in [1.165, 1.54) is 0 Å². The van der Waals surface area contributed by atoms with Gasteiger partial charge >= 0.3 is 0 Å². The number of aromatic nitrogens is 1. The summed E-state index contributed by atoms with van der Waals surface area (Å²) in [6.45, 7) is 0.307. The lowest BCUT2D eigenvalue weighted by molar-refractivity contribution is 0.308. The SMILES string of the molecule is N#Cc1cc(COc2cc(Cl)ccc2N)ccn1. The van der Waals surface area contributed by atoms with Gasteiger partial charge in [0.25, 0.3) is 0 Å². The first-order valence-electron chi connectivity index (χ1n) is 5.22. The number of nitrogens with zero attached hydrogens (tertiary/aromatic N) is 2.